The van der Waals surface area contributed by atoms with Crippen molar-refractivity contribution in [3.05, 3.63) is 23.5 Å². The Morgan fingerprint density at radius 3 is 1.67 bits per heavy atom. The maximum absolute atomic E-state index is 10.2. The zero-order chi connectivity index (χ0) is 8.43. The maximum Gasteiger partial charge on any atom is 1.00 e. The van der Waals surface area contributed by atoms with Crippen LogP contribution in [0.4, 0.5) is 0 Å². The molecule has 5 nitrogen and oxygen atoms in total. The molecule has 1 aromatic rings. The number of aromatic nitrogens is 1. The third-order valence-corrected chi connectivity index (χ3v) is 1.15. The molecule has 0 aliphatic carbocycles. The zero-order valence-electron chi connectivity index (χ0n) is 7.37. The van der Waals surface area contributed by atoms with Crippen LogP contribution in [0.5, 0.6) is 0 Å². The van der Waals surface area contributed by atoms with Crippen molar-refractivity contribution in [2.24, 2.45) is 0 Å². The number of carboxylic acids is 2. The number of hydrogen-bond donors (Lipinski definition) is 3. The van der Waals surface area contributed by atoms with E-state index < -0.39 is 11.9 Å². The van der Waals surface area contributed by atoms with E-state index in [2.05, 4.69) is 4.98 Å². The number of carboxylic acid groups (broad SMARTS) is 2. The van der Waals surface area contributed by atoms with Gasteiger partial charge in [-0.1, -0.05) is 0 Å². The van der Waals surface area contributed by atoms with Crippen LogP contribution in [0.2, 0.25) is 0 Å². The summed E-state index contributed by atoms with van der Waals surface area (Å²) in [5.41, 5.74) is -0.246. The number of aromatic carboxylic acids is 2. The number of H-pyrrole nitrogens is 1. The zero-order valence-corrected chi connectivity index (χ0v) is 8.37. The molecule has 0 saturated heterocycles. The molecule has 1 heterocycles. The van der Waals surface area contributed by atoms with Crippen molar-refractivity contribution in [1.29, 1.82) is 0 Å². The molecular weight excluding hydrogens is 173 g/mol. The summed E-state index contributed by atoms with van der Waals surface area (Å²) >= 11 is 0. The van der Waals surface area contributed by atoms with E-state index >= 15 is 0 Å². The van der Waals surface area contributed by atoms with Gasteiger partial charge < -0.3 is 16.6 Å². The Kier molecular flexibility index (Phi) is 4.02. The molecular formula is C6H6NNaO4. The summed E-state index contributed by atoms with van der Waals surface area (Å²) in [4.78, 5) is 22.6. The number of rotatable bonds is 2. The molecule has 0 aliphatic rings. The third-order valence-electron chi connectivity index (χ3n) is 1.15. The molecule has 0 aromatic carbocycles. The molecule has 0 bridgehead atoms. The number of hydrogen-bond acceptors (Lipinski definition) is 2. The second kappa shape index (κ2) is 4.30. The van der Waals surface area contributed by atoms with Gasteiger partial charge in [-0.15, -0.1) is 0 Å². The summed E-state index contributed by atoms with van der Waals surface area (Å²) in [5.74, 6) is -2.34. The van der Waals surface area contributed by atoms with Crippen LogP contribution in [0, 0.1) is 0 Å². The van der Waals surface area contributed by atoms with Crippen molar-refractivity contribution < 1.29 is 50.8 Å². The van der Waals surface area contributed by atoms with E-state index in [4.69, 9.17) is 10.2 Å². The third kappa shape index (κ3) is 2.37. The molecule has 0 spiro atoms. The summed E-state index contributed by atoms with van der Waals surface area (Å²) in [6, 6.07) is 2.40. The summed E-state index contributed by atoms with van der Waals surface area (Å²) in [5, 5.41) is 16.7. The molecule has 6 heteroatoms. The Hall–Kier alpha value is -0.780. The Labute approximate surface area is 91.2 Å². The SMILES string of the molecule is O=C(O)c1ccc(C(=O)O)[nH]1.[H-].[Na+]. The average molecular weight is 179 g/mol. The Balaban J connectivity index is 0. The molecule has 0 amide bonds. The Morgan fingerprint density at radius 2 is 1.50 bits per heavy atom. The van der Waals surface area contributed by atoms with Crippen LogP contribution in [0.3, 0.4) is 0 Å². The predicted octanol–water partition coefficient (Wildman–Crippen LogP) is -2.47. The maximum atomic E-state index is 10.2. The van der Waals surface area contributed by atoms with Crippen LogP contribution < -0.4 is 29.6 Å². The number of nitrogens with one attached hydrogen (secondary N) is 1. The van der Waals surface area contributed by atoms with Crippen LogP contribution in [0.1, 0.15) is 22.4 Å². The van der Waals surface area contributed by atoms with Gasteiger partial charge in [-0.2, -0.15) is 0 Å². The van der Waals surface area contributed by atoms with E-state index in [9.17, 15) is 9.59 Å². The van der Waals surface area contributed by atoms with Crippen molar-refractivity contribution in [2.75, 3.05) is 0 Å². The monoisotopic (exact) mass is 179 g/mol. The van der Waals surface area contributed by atoms with Gasteiger partial charge in [0.05, 0.1) is 0 Å². The van der Waals surface area contributed by atoms with E-state index in [1.807, 2.05) is 0 Å². The first-order chi connectivity index (χ1) is 5.11. The van der Waals surface area contributed by atoms with Gasteiger partial charge in [0.15, 0.2) is 0 Å². The second-order valence-electron chi connectivity index (χ2n) is 1.90. The minimum atomic E-state index is -1.17. The van der Waals surface area contributed by atoms with Crippen LogP contribution in [0.25, 0.3) is 0 Å². The van der Waals surface area contributed by atoms with E-state index in [1.165, 1.54) is 12.1 Å². The van der Waals surface area contributed by atoms with Gasteiger partial charge in [-0.25, -0.2) is 9.59 Å². The molecule has 0 saturated carbocycles. The molecule has 0 fully saturated rings. The quantitative estimate of drug-likeness (QED) is 0.439. The fraction of sp³-hybridized carbons (Fsp3) is 0. The van der Waals surface area contributed by atoms with Crippen molar-refractivity contribution in [2.45, 2.75) is 0 Å². The van der Waals surface area contributed by atoms with Gasteiger partial charge in [-0.05, 0) is 12.1 Å². The van der Waals surface area contributed by atoms with Gasteiger partial charge >= 0.3 is 41.5 Å². The molecule has 1 rings (SSSR count). The molecule has 0 radical (unpaired) electrons. The number of aromatic amines is 1. The minimum absolute atomic E-state index is 0. The van der Waals surface area contributed by atoms with E-state index in [1.54, 1.807) is 0 Å². The van der Waals surface area contributed by atoms with Crippen LogP contribution >= 0.6 is 0 Å². The molecule has 0 unspecified atom stereocenters. The smallest absolute Gasteiger partial charge is 1.00 e. The van der Waals surface area contributed by atoms with Crippen molar-refractivity contribution >= 4 is 11.9 Å². The fourth-order valence-corrected chi connectivity index (χ4v) is 0.645. The first-order valence-electron chi connectivity index (χ1n) is 2.77. The van der Waals surface area contributed by atoms with Gasteiger partial charge in [0, 0.05) is 0 Å². The van der Waals surface area contributed by atoms with Crippen LogP contribution in [0.15, 0.2) is 12.1 Å². The first kappa shape index (κ1) is 11.2. The molecule has 12 heavy (non-hydrogen) atoms. The van der Waals surface area contributed by atoms with Crippen LogP contribution in [-0.4, -0.2) is 27.1 Å². The minimum Gasteiger partial charge on any atom is -1.00 e. The summed E-state index contributed by atoms with van der Waals surface area (Å²) < 4.78 is 0. The number of carbonyl (C=O) groups is 2. The normalized spacial score (nSPS) is 8.67. The molecule has 0 atom stereocenters. The molecule has 3 N–H and O–H groups in total. The summed E-state index contributed by atoms with van der Waals surface area (Å²) in [6.45, 7) is 0. The summed E-state index contributed by atoms with van der Waals surface area (Å²) in [6.07, 6.45) is 0. The standard InChI is InChI=1S/C6H5NO4.Na.H/c8-5(9)3-1-2-4(7-3)6(10)11;;/h1-2,7H,(H,8,9)(H,10,11);;/q;+1;-1. The largest absolute Gasteiger partial charge is 1.00 e. The van der Waals surface area contributed by atoms with Crippen molar-refractivity contribution in [1.82, 2.24) is 4.98 Å². The molecule has 1 aromatic heterocycles. The Bertz CT molecular complexity index is 283. The second-order valence-corrected chi connectivity index (χ2v) is 1.90. The van der Waals surface area contributed by atoms with E-state index in [0.717, 1.165) is 0 Å². The molecule has 0 aliphatic heterocycles. The van der Waals surface area contributed by atoms with E-state index in [-0.39, 0.29) is 42.4 Å². The van der Waals surface area contributed by atoms with E-state index in [0.29, 0.717) is 0 Å². The van der Waals surface area contributed by atoms with Gasteiger partial charge in [0.25, 0.3) is 0 Å². The average Bonchev–Trinajstić information content (AvgIpc) is 2.33. The topological polar surface area (TPSA) is 90.4 Å². The first-order valence-corrected chi connectivity index (χ1v) is 2.77. The van der Waals surface area contributed by atoms with Gasteiger partial charge in [0.2, 0.25) is 0 Å². The molecule has 60 valence electrons. The van der Waals surface area contributed by atoms with Crippen molar-refractivity contribution in [3.63, 3.8) is 0 Å². The summed E-state index contributed by atoms with van der Waals surface area (Å²) in [7, 11) is 0. The van der Waals surface area contributed by atoms with Gasteiger partial charge in [0.1, 0.15) is 11.4 Å². The predicted molar refractivity (Wildman–Crippen MR) is 35.8 cm³/mol. The van der Waals surface area contributed by atoms with Crippen LogP contribution in [-0.2, 0) is 0 Å². The van der Waals surface area contributed by atoms with Crippen molar-refractivity contribution in [3.8, 4) is 0 Å². The fourth-order valence-electron chi connectivity index (χ4n) is 0.645. The Morgan fingerprint density at radius 1 is 1.17 bits per heavy atom. The van der Waals surface area contributed by atoms with Gasteiger partial charge in [-0.3, -0.25) is 0 Å².